The Morgan fingerprint density at radius 2 is 1.74 bits per heavy atom. The lowest BCUT2D eigenvalue weighted by Crippen LogP contribution is -2.43. The molecule has 0 bridgehead atoms. The smallest absolute Gasteiger partial charge is 0.305 e. The number of nitrogens with zero attached hydrogens (tertiary/aromatic N) is 1. The van der Waals surface area contributed by atoms with Gasteiger partial charge in [-0.1, -0.05) is 18.2 Å². The summed E-state index contributed by atoms with van der Waals surface area (Å²) in [6.45, 7) is 1.45. The van der Waals surface area contributed by atoms with Gasteiger partial charge >= 0.3 is 5.91 Å². The maximum atomic E-state index is 12.7. The molecule has 1 aromatic heterocycles. The van der Waals surface area contributed by atoms with Crippen LogP contribution in [-0.2, 0) is 11.2 Å². The lowest BCUT2D eigenvalue weighted by Gasteiger charge is -2.13. The molecule has 10 heteroatoms. The average Bonchev–Trinajstić information content (AvgIpc) is 3.22. The maximum Gasteiger partial charge on any atom is 0.305 e. The fourth-order valence-electron chi connectivity index (χ4n) is 3.68. The molecule has 3 aromatic rings. The van der Waals surface area contributed by atoms with Crippen molar-refractivity contribution in [2.75, 3.05) is 6.61 Å². The summed E-state index contributed by atoms with van der Waals surface area (Å²) in [7, 11) is 0. The number of aryl methyl sites for hydroxylation is 1. The number of hydrazone groups is 1. The Morgan fingerprint density at radius 1 is 1.00 bits per heavy atom. The molecule has 0 unspecified atom stereocenters. The Hall–Kier alpha value is -4.60. The van der Waals surface area contributed by atoms with Gasteiger partial charge in [-0.05, 0) is 56.2 Å². The molecular weight excluding hydrogens is 452 g/mol. The van der Waals surface area contributed by atoms with Crippen LogP contribution in [0.15, 0.2) is 64.1 Å². The van der Waals surface area contributed by atoms with Crippen LogP contribution in [0.25, 0.3) is 0 Å². The van der Waals surface area contributed by atoms with E-state index in [4.69, 9.17) is 9.15 Å². The van der Waals surface area contributed by atoms with Gasteiger partial charge in [0.1, 0.15) is 17.3 Å². The highest BCUT2D eigenvalue weighted by Gasteiger charge is 2.28. The van der Waals surface area contributed by atoms with Crippen molar-refractivity contribution in [3.05, 3.63) is 82.8 Å². The number of amides is 3. The first-order chi connectivity index (χ1) is 16.9. The molecular formula is C25H24N4O6. The molecule has 10 nitrogen and oxygen atoms in total. The van der Waals surface area contributed by atoms with Crippen LogP contribution >= 0.6 is 0 Å². The van der Waals surface area contributed by atoms with Crippen molar-refractivity contribution in [1.82, 2.24) is 16.3 Å². The van der Waals surface area contributed by atoms with Crippen LogP contribution < -0.4 is 21.0 Å². The van der Waals surface area contributed by atoms with Crippen molar-refractivity contribution in [3.8, 4) is 11.5 Å². The number of para-hydroxylation sites is 1. The van der Waals surface area contributed by atoms with E-state index >= 15 is 0 Å². The van der Waals surface area contributed by atoms with Crippen LogP contribution in [0.2, 0.25) is 0 Å². The van der Waals surface area contributed by atoms with Crippen LogP contribution in [0.5, 0.6) is 11.5 Å². The minimum Gasteiger partial charge on any atom is -0.508 e. The van der Waals surface area contributed by atoms with Crippen LogP contribution in [0, 0.1) is 6.92 Å². The van der Waals surface area contributed by atoms with Crippen molar-refractivity contribution in [1.29, 1.82) is 0 Å². The number of carbonyl (C=O) groups excluding carboxylic acids is 3. The number of phenols is 1. The molecule has 0 aliphatic heterocycles. The van der Waals surface area contributed by atoms with Gasteiger partial charge in [0.25, 0.3) is 11.8 Å². The van der Waals surface area contributed by atoms with Gasteiger partial charge in [0, 0.05) is 23.1 Å². The zero-order valence-electron chi connectivity index (χ0n) is 19.0. The molecule has 4 N–H and O–H groups in total. The molecule has 4 rings (SSSR count). The van der Waals surface area contributed by atoms with Crippen molar-refractivity contribution < 1.29 is 28.6 Å². The van der Waals surface area contributed by atoms with E-state index in [9.17, 15) is 19.5 Å². The predicted molar refractivity (Wildman–Crippen MR) is 126 cm³/mol. The summed E-state index contributed by atoms with van der Waals surface area (Å²) in [5.74, 6) is -0.330. The summed E-state index contributed by atoms with van der Waals surface area (Å²) in [5, 5.41) is 13.6. The van der Waals surface area contributed by atoms with E-state index in [2.05, 4.69) is 21.4 Å². The van der Waals surface area contributed by atoms with Crippen molar-refractivity contribution in [3.63, 3.8) is 0 Å². The fraction of sp³-hybridized carbons (Fsp3) is 0.200. The SMILES string of the molecule is Cc1c(C(=O)NNC(=O)COc2ccccc2)oc2c1/C(=N/NC(=O)c1ccc(O)cc1)CCC2. The summed E-state index contributed by atoms with van der Waals surface area (Å²) in [6, 6.07) is 14.6. The number of rotatable bonds is 6. The Kier molecular flexibility index (Phi) is 7.10. The molecule has 0 saturated carbocycles. The number of aromatic hydroxyl groups is 1. The Balaban J connectivity index is 1.39. The average molecular weight is 476 g/mol. The number of fused-ring (bicyclic) bond motifs is 1. The molecule has 1 aliphatic carbocycles. The van der Waals surface area contributed by atoms with Crippen molar-refractivity contribution in [2.45, 2.75) is 26.2 Å². The first-order valence-electron chi connectivity index (χ1n) is 11.0. The molecule has 35 heavy (non-hydrogen) atoms. The normalized spacial score (nSPS) is 13.6. The van der Waals surface area contributed by atoms with Crippen LogP contribution in [0.4, 0.5) is 0 Å². The third-order valence-electron chi connectivity index (χ3n) is 5.38. The van der Waals surface area contributed by atoms with Crippen LogP contribution in [0.1, 0.15) is 50.6 Å². The van der Waals surface area contributed by atoms with E-state index in [1.54, 1.807) is 31.2 Å². The van der Waals surface area contributed by atoms with Crippen LogP contribution in [0.3, 0.4) is 0 Å². The monoisotopic (exact) mass is 476 g/mol. The summed E-state index contributed by atoms with van der Waals surface area (Å²) in [4.78, 5) is 37.0. The van der Waals surface area contributed by atoms with Gasteiger partial charge in [-0.2, -0.15) is 5.10 Å². The molecule has 0 atom stereocenters. The largest absolute Gasteiger partial charge is 0.508 e. The Morgan fingerprint density at radius 3 is 2.49 bits per heavy atom. The van der Waals surface area contributed by atoms with Gasteiger partial charge in [0.05, 0.1) is 5.71 Å². The minimum atomic E-state index is -0.613. The fourth-order valence-corrected chi connectivity index (χ4v) is 3.68. The number of benzene rings is 2. The highest BCUT2D eigenvalue weighted by Crippen LogP contribution is 2.29. The van der Waals surface area contributed by atoms with E-state index in [1.807, 2.05) is 6.07 Å². The third-order valence-corrected chi connectivity index (χ3v) is 5.38. The number of phenolic OH excluding ortho intramolecular Hbond substituents is 1. The first-order valence-corrected chi connectivity index (χ1v) is 11.0. The van der Waals surface area contributed by atoms with E-state index in [0.717, 1.165) is 6.42 Å². The van der Waals surface area contributed by atoms with E-state index in [-0.39, 0.29) is 18.1 Å². The second-order valence-electron chi connectivity index (χ2n) is 7.86. The molecule has 3 amide bonds. The predicted octanol–water partition coefficient (Wildman–Crippen LogP) is 2.60. The molecule has 0 saturated heterocycles. The molecule has 1 heterocycles. The zero-order valence-corrected chi connectivity index (χ0v) is 19.0. The zero-order chi connectivity index (χ0) is 24.8. The number of hydrazine groups is 1. The molecule has 0 spiro atoms. The van der Waals surface area contributed by atoms with Crippen molar-refractivity contribution in [2.24, 2.45) is 5.10 Å². The second kappa shape index (κ2) is 10.6. The second-order valence-corrected chi connectivity index (χ2v) is 7.86. The van der Waals surface area contributed by atoms with E-state index < -0.39 is 17.7 Å². The molecule has 0 radical (unpaired) electrons. The summed E-state index contributed by atoms with van der Waals surface area (Å²) >= 11 is 0. The molecule has 180 valence electrons. The minimum absolute atomic E-state index is 0.0544. The van der Waals surface area contributed by atoms with Gasteiger partial charge in [-0.25, -0.2) is 5.43 Å². The number of hydrogen-bond donors (Lipinski definition) is 4. The number of hydrogen-bond acceptors (Lipinski definition) is 7. The number of carbonyl (C=O) groups is 3. The summed E-state index contributed by atoms with van der Waals surface area (Å²) < 4.78 is 11.1. The standard InChI is InChI=1S/C25H24N4O6/c1-15-22-19(26-28-24(32)16-10-12-17(30)13-11-16)8-5-9-20(22)35-23(15)25(33)29-27-21(31)14-34-18-6-3-2-4-7-18/h2-4,6-7,10-13,30H,5,8-9,14H2,1H3,(H,27,31)(H,28,32)(H,29,33)/b26-19+. The Labute approximate surface area is 200 Å². The number of nitrogens with one attached hydrogen (secondary N) is 3. The highest BCUT2D eigenvalue weighted by molar-refractivity contribution is 6.07. The maximum absolute atomic E-state index is 12.7. The first kappa shape index (κ1) is 23.6. The summed E-state index contributed by atoms with van der Waals surface area (Å²) in [5.41, 5.74) is 9.33. The lowest BCUT2D eigenvalue weighted by atomic mass is 9.93. The number of ether oxygens (including phenoxy) is 1. The summed E-state index contributed by atoms with van der Waals surface area (Å²) in [6.07, 6.45) is 1.95. The lowest BCUT2D eigenvalue weighted by molar-refractivity contribution is -0.123. The topological polar surface area (TPSA) is 142 Å². The third kappa shape index (κ3) is 5.67. The van der Waals surface area contributed by atoms with Gasteiger partial charge in [-0.3, -0.25) is 25.2 Å². The molecule has 2 aromatic carbocycles. The van der Waals surface area contributed by atoms with E-state index in [0.29, 0.717) is 46.8 Å². The van der Waals surface area contributed by atoms with Gasteiger partial charge in [-0.15, -0.1) is 0 Å². The molecule has 1 aliphatic rings. The number of furan rings is 1. The molecule has 0 fully saturated rings. The van der Waals surface area contributed by atoms with Crippen molar-refractivity contribution >= 4 is 23.4 Å². The van der Waals surface area contributed by atoms with Gasteiger partial charge < -0.3 is 14.3 Å². The highest BCUT2D eigenvalue weighted by atomic mass is 16.5. The van der Waals surface area contributed by atoms with Crippen LogP contribution in [-0.4, -0.2) is 35.1 Å². The Bertz CT molecular complexity index is 1270. The van der Waals surface area contributed by atoms with Gasteiger partial charge in [0.2, 0.25) is 0 Å². The van der Waals surface area contributed by atoms with E-state index in [1.165, 1.54) is 24.3 Å². The van der Waals surface area contributed by atoms with Gasteiger partial charge in [0.15, 0.2) is 12.4 Å². The quantitative estimate of drug-likeness (QED) is 0.403.